The first-order valence-corrected chi connectivity index (χ1v) is 9.01. The van der Waals surface area contributed by atoms with E-state index in [0.717, 1.165) is 0 Å². The number of methoxy groups -OCH3 is 1. The number of amides is 2. The Morgan fingerprint density at radius 3 is 2.29 bits per heavy atom. The van der Waals surface area contributed by atoms with Gasteiger partial charge in [0.1, 0.15) is 5.75 Å². The lowest BCUT2D eigenvalue weighted by Gasteiger charge is -2.09. The van der Waals surface area contributed by atoms with Crippen molar-refractivity contribution in [3.63, 3.8) is 0 Å². The van der Waals surface area contributed by atoms with E-state index in [1.54, 1.807) is 18.2 Å². The second-order valence-electron chi connectivity index (χ2n) is 5.60. The Balaban J connectivity index is 1.70. The fourth-order valence-electron chi connectivity index (χ4n) is 2.14. The van der Waals surface area contributed by atoms with Gasteiger partial charge < -0.3 is 9.47 Å². The Morgan fingerprint density at radius 1 is 0.964 bits per heavy atom. The largest absolute Gasteiger partial charge is 0.492 e. The van der Waals surface area contributed by atoms with Gasteiger partial charge in [-0.1, -0.05) is 23.2 Å². The summed E-state index contributed by atoms with van der Waals surface area (Å²) in [6.45, 7) is 0.276. The van der Waals surface area contributed by atoms with Gasteiger partial charge in [-0.05, 0) is 48.9 Å². The van der Waals surface area contributed by atoms with Crippen molar-refractivity contribution >= 4 is 41.0 Å². The molecule has 2 amide bonds. The molecule has 0 saturated carbocycles. The Bertz CT molecular complexity index is 856. The molecule has 2 aromatic rings. The van der Waals surface area contributed by atoms with Gasteiger partial charge in [0.2, 0.25) is 5.91 Å². The van der Waals surface area contributed by atoms with E-state index in [-0.39, 0.29) is 24.5 Å². The summed E-state index contributed by atoms with van der Waals surface area (Å²) in [7, 11) is 1.27. The number of hydrogen-bond donors (Lipinski definition) is 2. The minimum Gasteiger partial charge on any atom is -0.492 e. The van der Waals surface area contributed by atoms with Gasteiger partial charge in [0, 0.05) is 17.0 Å². The quantitative estimate of drug-likeness (QED) is 0.403. The van der Waals surface area contributed by atoms with E-state index in [4.69, 9.17) is 27.9 Å². The van der Waals surface area contributed by atoms with Crippen LogP contribution in [0.5, 0.6) is 5.75 Å². The van der Waals surface area contributed by atoms with E-state index >= 15 is 0 Å². The number of halogens is 2. The van der Waals surface area contributed by atoms with Crippen LogP contribution in [0.2, 0.25) is 10.0 Å². The standard InChI is InChI=1S/C19H18Cl2N2O5/c1-27-19(26)13-6-4-12(5-7-13)18(25)23-22-17(24)3-2-10-28-16-9-8-14(20)11-15(16)21/h4-9,11H,2-3,10H2,1H3,(H,22,24)(H,23,25). The molecular formula is C19H18Cl2N2O5. The van der Waals surface area contributed by atoms with Gasteiger partial charge >= 0.3 is 5.97 Å². The highest BCUT2D eigenvalue weighted by atomic mass is 35.5. The van der Waals surface area contributed by atoms with Crippen LogP contribution in [-0.4, -0.2) is 31.5 Å². The lowest BCUT2D eigenvalue weighted by molar-refractivity contribution is -0.122. The first-order valence-electron chi connectivity index (χ1n) is 8.26. The average Bonchev–Trinajstić information content (AvgIpc) is 2.70. The maximum Gasteiger partial charge on any atom is 0.337 e. The summed E-state index contributed by atoms with van der Waals surface area (Å²) in [5, 5.41) is 0.898. The number of hydrazine groups is 1. The summed E-state index contributed by atoms with van der Waals surface area (Å²) in [6.07, 6.45) is 0.571. The van der Waals surface area contributed by atoms with Gasteiger partial charge in [0.15, 0.2) is 0 Å². The van der Waals surface area contributed by atoms with Gasteiger partial charge in [-0.25, -0.2) is 4.79 Å². The monoisotopic (exact) mass is 424 g/mol. The number of ether oxygens (including phenoxy) is 2. The van der Waals surface area contributed by atoms with E-state index in [9.17, 15) is 14.4 Å². The van der Waals surface area contributed by atoms with E-state index in [1.165, 1.54) is 31.4 Å². The average molecular weight is 425 g/mol. The van der Waals surface area contributed by atoms with Crippen molar-refractivity contribution in [2.45, 2.75) is 12.8 Å². The lowest BCUT2D eigenvalue weighted by Crippen LogP contribution is -2.41. The van der Waals surface area contributed by atoms with Crippen molar-refractivity contribution in [2.24, 2.45) is 0 Å². The molecule has 9 heteroatoms. The highest BCUT2D eigenvalue weighted by Crippen LogP contribution is 2.27. The van der Waals surface area contributed by atoms with Gasteiger partial charge in [0.05, 0.1) is 24.3 Å². The second-order valence-corrected chi connectivity index (χ2v) is 6.44. The fourth-order valence-corrected chi connectivity index (χ4v) is 2.61. The topological polar surface area (TPSA) is 93.7 Å². The van der Waals surface area contributed by atoms with Gasteiger partial charge in [-0.3, -0.25) is 20.4 Å². The van der Waals surface area contributed by atoms with Crippen LogP contribution < -0.4 is 15.6 Å². The molecule has 0 aliphatic rings. The first kappa shape index (κ1) is 21.5. The number of benzene rings is 2. The molecule has 0 bridgehead atoms. The molecule has 0 heterocycles. The maximum atomic E-state index is 12.0. The molecule has 0 aromatic heterocycles. The molecule has 0 saturated heterocycles. The van der Waals surface area contributed by atoms with Crippen molar-refractivity contribution in [1.82, 2.24) is 10.9 Å². The summed E-state index contributed by atoms with van der Waals surface area (Å²) in [5.41, 5.74) is 5.23. The number of rotatable bonds is 7. The van der Waals surface area contributed by atoms with E-state index in [1.807, 2.05) is 0 Å². The van der Waals surface area contributed by atoms with Crippen LogP contribution >= 0.6 is 23.2 Å². The molecule has 0 aliphatic carbocycles. The molecule has 2 rings (SSSR count). The number of hydrogen-bond acceptors (Lipinski definition) is 5. The zero-order valence-electron chi connectivity index (χ0n) is 15.0. The number of carbonyl (C=O) groups is 3. The summed E-state index contributed by atoms with van der Waals surface area (Å²) >= 11 is 11.8. The van der Waals surface area contributed by atoms with Crippen molar-refractivity contribution in [3.05, 3.63) is 63.6 Å². The summed E-state index contributed by atoms with van der Waals surface area (Å²) in [5.74, 6) is -0.892. The normalized spacial score (nSPS) is 10.1. The maximum absolute atomic E-state index is 12.0. The van der Waals surface area contributed by atoms with Crippen LogP contribution in [0.3, 0.4) is 0 Å². The Morgan fingerprint density at radius 2 is 1.64 bits per heavy atom. The van der Waals surface area contributed by atoms with Gasteiger partial charge in [-0.2, -0.15) is 0 Å². The predicted molar refractivity (Wildman–Crippen MR) is 105 cm³/mol. The predicted octanol–water partition coefficient (Wildman–Crippen LogP) is 3.40. The molecule has 148 valence electrons. The molecule has 0 spiro atoms. The SMILES string of the molecule is COC(=O)c1ccc(C(=O)NNC(=O)CCCOc2ccc(Cl)cc2Cl)cc1. The lowest BCUT2D eigenvalue weighted by atomic mass is 10.1. The van der Waals surface area contributed by atoms with Gasteiger partial charge in [-0.15, -0.1) is 0 Å². The zero-order chi connectivity index (χ0) is 20.5. The molecule has 0 radical (unpaired) electrons. The molecule has 0 unspecified atom stereocenters. The van der Waals surface area contributed by atoms with Crippen LogP contribution in [0.15, 0.2) is 42.5 Å². The molecular weight excluding hydrogens is 407 g/mol. The third kappa shape index (κ3) is 6.44. The first-order chi connectivity index (χ1) is 13.4. The Kier molecular flexibility index (Phi) is 8.10. The van der Waals surface area contributed by atoms with Crippen molar-refractivity contribution in [2.75, 3.05) is 13.7 Å². The molecule has 2 N–H and O–H groups in total. The molecule has 0 fully saturated rings. The van der Waals surface area contributed by atoms with Crippen LogP contribution in [-0.2, 0) is 9.53 Å². The van der Waals surface area contributed by atoms with Crippen LogP contribution in [0.1, 0.15) is 33.6 Å². The third-order valence-electron chi connectivity index (χ3n) is 3.58. The van der Waals surface area contributed by atoms with Crippen LogP contribution in [0.4, 0.5) is 0 Å². The fraction of sp³-hybridized carbons (Fsp3) is 0.211. The van der Waals surface area contributed by atoms with Crippen LogP contribution in [0, 0.1) is 0 Å². The molecule has 28 heavy (non-hydrogen) atoms. The molecule has 7 nitrogen and oxygen atoms in total. The van der Waals surface area contributed by atoms with E-state index in [2.05, 4.69) is 15.6 Å². The molecule has 0 atom stereocenters. The summed E-state index contributed by atoms with van der Waals surface area (Å²) in [6, 6.07) is 10.7. The highest BCUT2D eigenvalue weighted by Gasteiger charge is 2.10. The number of nitrogens with one attached hydrogen (secondary N) is 2. The molecule has 0 aliphatic heterocycles. The molecule has 2 aromatic carbocycles. The minimum atomic E-state index is -0.506. The number of carbonyl (C=O) groups excluding carboxylic acids is 3. The Hall–Kier alpha value is -2.77. The third-order valence-corrected chi connectivity index (χ3v) is 4.11. The summed E-state index contributed by atoms with van der Waals surface area (Å²) < 4.78 is 10.1. The second kappa shape index (κ2) is 10.5. The van der Waals surface area contributed by atoms with Crippen molar-refractivity contribution < 1.29 is 23.9 Å². The number of esters is 1. The zero-order valence-corrected chi connectivity index (χ0v) is 16.5. The van der Waals surface area contributed by atoms with E-state index < -0.39 is 11.9 Å². The van der Waals surface area contributed by atoms with Crippen molar-refractivity contribution in [1.29, 1.82) is 0 Å². The Labute approximate surface area is 171 Å². The van der Waals surface area contributed by atoms with Crippen LogP contribution in [0.25, 0.3) is 0 Å². The highest BCUT2D eigenvalue weighted by molar-refractivity contribution is 6.35. The van der Waals surface area contributed by atoms with Gasteiger partial charge in [0.25, 0.3) is 5.91 Å². The van der Waals surface area contributed by atoms with Crippen molar-refractivity contribution in [3.8, 4) is 5.75 Å². The van der Waals surface area contributed by atoms with E-state index in [0.29, 0.717) is 27.8 Å². The summed E-state index contributed by atoms with van der Waals surface area (Å²) in [4.78, 5) is 35.1. The minimum absolute atomic E-state index is 0.146. The smallest absolute Gasteiger partial charge is 0.337 e.